The fourth-order valence-electron chi connectivity index (χ4n) is 1.18. The van der Waals surface area contributed by atoms with Crippen LogP contribution in [0.25, 0.3) is 11.3 Å². The molecule has 2 heterocycles. The van der Waals surface area contributed by atoms with Crippen molar-refractivity contribution in [3.8, 4) is 11.3 Å². The maximum absolute atomic E-state index is 4.06. The molecule has 64 valence electrons. The molecule has 0 saturated carbocycles. The number of nitrogens with zero attached hydrogens (tertiary/aromatic N) is 3. The van der Waals surface area contributed by atoms with Gasteiger partial charge in [-0.25, -0.2) is 0 Å². The normalized spacial score (nSPS) is 9.92. The molecular formula is C10H9N3. The Bertz CT molecular complexity index is 398. The zero-order chi connectivity index (χ0) is 9.10. The Hall–Kier alpha value is -1.77. The van der Waals surface area contributed by atoms with E-state index in [2.05, 4.69) is 15.2 Å². The molecule has 0 atom stereocenters. The van der Waals surface area contributed by atoms with Crippen molar-refractivity contribution in [2.24, 2.45) is 0 Å². The molecule has 0 aliphatic carbocycles. The Morgan fingerprint density at radius 1 is 1.15 bits per heavy atom. The third kappa shape index (κ3) is 1.54. The molecule has 0 amide bonds. The van der Waals surface area contributed by atoms with Gasteiger partial charge in [-0.05, 0) is 30.7 Å². The van der Waals surface area contributed by atoms with Gasteiger partial charge in [0.1, 0.15) is 0 Å². The first-order valence-corrected chi connectivity index (χ1v) is 4.06. The van der Waals surface area contributed by atoms with Gasteiger partial charge in [0.2, 0.25) is 0 Å². The van der Waals surface area contributed by atoms with Gasteiger partial charge in [0.15, 0.2) is 0 Å². The molecule has 3 nitrogen and oxygen atoms in total. The summed E-state index contributed by atoms with van der Waals surface area (Å²) in [5, 5.41) is 7.90. The van der Waals surface area contributed by atoms with Crippen LogP contribution in [-0.4, -0.2) is 15.2 Å². The number of aryl methyl sites for hydroxylation is 1. The van der Waals surface area contributed by atoms with Crippen LogP contribution in [0.5, 0.6) is 0 Å². The number of hydrogen-bond acceptors (Lipinski definition) is 3. The van der Waals surface area contributed by atoms with Gasteiger partial charge in [0, 0.05) is 24.2 Å². The average molecular weight is 171 g/mol. The van der Waals surface area contributed by atoms with E-state index >= 15 is 0 Å². The van der Waals surface area contributed by atoms with Crippen LogP contribution in [0.2, 0.25) is 0 Å². The Kier molecular flexibility index (Phi) is 2.00. The van der Waals surface area contributed by atoms with E-state index < -0.39 is 0 Å². The number of pyridine rings is 1. The largest absolute Gasteiger partial charge is 0.264 e. The highest BCUT2D eigenvalue weighted by Crippen LogP contribution is 2.17. The maximum Gasteiger partial charge on any atom is 0.0974 e. The second-order valence-electron chi connectivity index (χ2n) is 2.80. The van der Waals surface area contributed by atoms with Gasteiger partial charge in [0.05, 0.1) is 5.69 Å². The number of rotatable bonds is 1. The molecule has 0 aliphatic rings. The average Bonchev–Trinajstić information content (AvgIpc) is 2.20. The highest BCUT2D eigenvalue weighted by molar-refractivity contribution is 5.60. The lowest BCUT2D eigenvalue weighted by molar-refractivity contribution is 1.02. The highest BCUT2D eigenvalue weighted by atomic mass is 15.1. The zero-order valence-corrected chi connectivity index (χ0v) is 7.31. The molecule has 2 rings (SSSR count). The van der Waals surface area contributed by atoms with E-state index in [9.17, 15) is 0 Å². The molecule has 0 saturated heterocycles. The van der Waals surface area contributed by atoms with E-state index in [4.69, 9.17) is 0 Å². The number of hydrogen-bond donors (Lipinski definition) is 0. The molecule has 3 heteroatoms. The Labute approximate surface area is 76.5 Å². The molecule has 0 N–H and O–H groups in total. The topological polar surface area (TPSA) is 38.7 Å². The van der Waals surface area contributed by atoms with Crippen LogP contribution in [-0.2, 0) is 0 Å². The summed E-state index contributed by atoms with van der Waals surface area (Å²) in [5.74, 6) is 0. The molecule has 0 spiro atoms. The standard InChI is InChI=1S/C10H9N3/c1-8-4-6-12-13-10(8)9-3-2-5-11-7-9/h2-7H,1H3. The molecular weight excluding hydrogens is 162 g/mol. The molecule has 2 aromatic heterocycles. The molecule has 0 bridgehead atoms. The van der Waals surface area contributed by atoms with Crippen LogP contribution in [0.1, 0.15) is 5.56 Å². The first-order valence-electron chi connectivity index (χ1n) is 4.06. The van der Waals surface area contributed by atoms with E-state index in [0.29, 0.717) is 0 Å². The lowest BCUT2D eigenvalue weighted by Gasteiger charge is -2.01. The Balaban J connectivity index is 2.54. The molecule has 0 aromatic carbocycles. The summed E-state index contributed by atoms with van der Waals surface area (Å²) in [6.07, 6.45) is 5.22. The van der Waals surface area contributed by atoms with Gasteiger partial charge >= 0.3 is 0 Å². The van der Waals surface area contributed by atoms with Crippen LogP contribution in [0.3, 0.4) is 0 Å². The monoisotopic (exact) mass is 171 g/mol. The molecule has 0 unspecified atom stereocenters. The molecule has 0 radical (unpaired) electrons. The minimum atomic E-state index is 0.899. The zero-order valence-electron chi connectivity index (χ0n) is 7.31. The van der Waals surface area contributed by atoms with Gasteiger partial charge in [-0.15, -0.1) is 0 Å². The summed E-state index contributed by atoms with van der Waals surface area (Å²) in [7, 11) is 0. The molecule has 2 aromatic rings. The SMILES string of the molecule is Cc1ccnnc1-c1cccnc1. The first kappa shape index (κ1) is 7.86. The number of aromatic nitrogens is 3. The van der Waals surface area contributed by atoms with Crippen molar-refractivity contribution >= 4 is 0 Å². The van der Waals surface area contributed by atoms with Crippen molar-refractivity contribution in [3.63, 3.8) is 0 Å². The Morgan fingerprint density at radius 3 is 2.77 bits per heavy atom. The van der Waals surface area contributed by atoms with Gasteiger partial charge in [-0.3, -0.25) is 4.98 Å². The van der Waals surface area contributed by atoms with Gasteiger partial charge in [-0.1, -0.05) is 0 Å². The van der Waals surface area contributed by atoms with E-state index in [0.717, 1.165) is 16.8 Å². The second kappa shape index (κ2) is 3.31. The van der Waals surface area contributed by atoms with Gasteiger partial charge in [-0.2, -0.15) is 10.2 Å². The molecule has 0 fully saturated rings. The predicted octanol–water partition coefficient (Wildman–Crippen LogP) is 1.85. The summed E-state index contributed by atoms with van der Waals surface area (Å²) in [4.78, 5) is 4.03. The molecule has 0 aliphatic heterocycles. The summed E-state index contributed by atoms with van der Waals surface area (Å²) in [6, 6.07) is 5.81. The smallest absolute Gasteiger partial charge is 0.0974 e. The fraction of sp³-hybridized carbons (Fsp3) is 0.100. The minimum absolute atomic E-state index is 0.899. The predicted molar refractivity (Wildman–Crippen MR) is 50.0 cm³/mol. The van der Waals surface area contributed by atoms with Crippen molar-refractivity contribution in [1.29, 1.82) is 0 Å². The van der Waals surface area contributed by atoms with Crippen LogP contribution in [0.15, 0.2) is 36.8 Å². The second-order valence-corrected chi connectivity index (χ2v) is 2.80. The summed E-state index contributed by atoms with van der Waals surface area (Å²) < 4.78 is 0. The summed E-state index contributed by atoms with van der Waals surface area (Å²) in [6.45, 7) is 2.01. The quantitative estimate of drug-likeness (QED) is 0.657. The van der Waals surface area contributed by atoms with E-state index in [1.54, 1.807) is 18.6 Å². The maximum atomic E-state index is 4.06. The first-order chi connectivity index (χ1) is 6.38. The van der Waals surface area contributed by atoms with Crippen LogP contribution < -0.4 is 0 Å². The van der Waals surface area contributed by atoms with Crippen molar-refractivity contribution in [1.82, 2.24) is 15.2 Å². The fourth-order valence-corrected chi connectivity index (χ4v) is 1.18. The van der Waals surface area contributed by atoms with Crippen molar-refractivity contribution in [3.05, 3.63) is 42.4 Å². The molecule has 13 heavy (non-hydrogen) atoms. The van der Waals surface area contributed by atoms with Crippen LogP contribution in [0, 0.1) is 6.92 Å². The lowest BCUT2D eigenvalue weighted by Crippen LogP contribution is -1.90. The van der Waals surface area contributed by atoms with E-state index in [1.807, 2.05) is 25.1 Å². The van der Waals surface area contributed by atoms with Crippen molar-refractivity contribution in [2.45, 2.75) is 6.92 Å². The minimum Gasteiger partial charge on any atom is -0.264 e. The Morgan fingerprint density at radius 2 is 2.08 bits per heavy atom. The third-order valence-electron chi connectivity index (χ3n) is 1.86. The van der Waals surface area contributed by atoms with Crippen molar-refractivity contribution in [2.75, 3.05) is 0 Å². The summed E-state index contributed by atoms with van der Waals surface area (Å²) >= 11 is 0. The van der Waals surface area contributed by atoms with E-state index in [1.165, 1.54) is 0 Å². The van der Waals surface area contributed by atoms with Crippen LogP contribution >= 0.6 is 0 Å². The van der Waals surface area contributed by atoms with E-state index in [-0.39, 0.29) is 0 Å². The highest BCUT2D eigenvalue weighted by Gasteiger charge is 2.01. The summed E-state index contributed by atoms with van der Waals surface area (Å²) in [5.41, 5.74) is 3.02. The van der Waals surface area contributed by atoms with Gasteiger partial charge < -0.3 is 0 Å². The third-order valence-corrected chi connectivity index (χ3v) is 1.86. The van der Waals surface area contributed by atoms with Crippen LogP contribution in [0.4, 0.5) is 0 Å². The van der Waals surface area contributed by atoms with Crippen molar-refractivity contribution < 1.29 is 0 Å². The van der Waals surface area contributed by atoms with Gasteiger partial charge in [0.25, 0.3) is 0 Å². The lowest BCUT2D eigenvalue weighted by atomic mass is 10.1.